The summed E-state index contributed by atoms with van der Waals surface area (Å²) in [6.45, 7) is 4.15. The van der Waals surface area contributed by atoms with Crippen molar-refractivity contribution in [1.82, 2.24) is 15.1 Å². The predicted molar refractivity (Wildman–Crippen MR) is 98.5 cm³/mol. The van der Waals surface area contributed by atoms with Gasteiger partial charge in [-0.1, -0.05) is 32.0 Å². The van der Waals surface area contributed by atoms with Crippen LogP contribution < -0.4 is 5.32 Å². The molecule has 2 aromatic rings. The predicted octanol–water partition coefficient (Wildman–Crippen LogP) is 3.37. The zero-order chi connectivity index (χ0) is 18.7. The Morgan fingerprint density at radius 2 is 1.81 bits per heavy atom. The summed E-state index contributed by atoms with van der Waals surface area (Å²) in [4.78, 5) is 23.7. The lowest BCUT2D eigenvalue weighted by atomic mass is 9.86. The van der Waals surface area contributed by atoms with Gasteiger partial charge in [0, 0.05) is 11.7 Å². The molecule has 0 aliphatic heterocycles. The fourth-order valence-corrected chi connectivity index (χ4v) is 3.44. The SMILES string of the molecule is CC(C)c1cc(C(=O)NC2CCC(C(=O)O)CC2)nn1-c1ccccc1. The van der Waals surface area contributed by atoms with E-state index in [1.165, 1.54) is 0 Å². The number of hydrogen-bond donors (Lipinski definition) is 2. The number of nitrogens with one attached hydrogen (secondary N) is 1. The van der Waals surface area contributed by atoms with Gasteiger partial charge < -0.3 is 10.4 Å². The van der Waals surface area contributed by atoms with E-state index in [1.54, 1.807) is 0 Å². The molecule has 0 unspecified atom stereocenters. The molecule has 138 valence electrons. The topological polar surface area (TPSA) is 84.2 Å². The minimum Gasteiger partial charge on any atom is -0.481 e. The summed E-state index contributed by atoms with van der Waals surface area (Å²) < 4.78 is 1.82. The Kier molecular flexibility index (Phi) is 5.40. The van der Waals surface area contributed by atoms with E-state index in [9.17, 15) is 9.59 Å². The highest BCUT2D eigenvalue weighted by molar-refractivity contribution is 5.92. The van der Waals surface area contributed by atoms with Crippen molar-refractivity contribution in [1.29, 1.82) is 0 Å². The normalized spacial score (nSPS) is 20.1. The second-order valence-corrected chi connectivity index (χ2v) is 7.22. The number of aromatic nitrogens is 2. The van der Waals surface area contributed by atoms with Gasteiger partial charge in [-0.15, -0.1) is 0 Å². The molecule has 6 nitrogen and oxygen atoms in total. The first-order valence-electron chi connectivity index (χ1n) is 9.14. The van der Waals surface area contributed by atoms with Crippen molar-refractivity contribution in [2.24, 2.45) is 5.92 Å². The van der Waals surface area contributed by atoms with Gasteiger partial charge in [-0.25, -0.2) is 4.68 Å². The molecule has 0 radical (unpaired) electrons. The molecule has 0 spiro atoms. The molecule has 1 fully saturated rings. The number of carboxylic acid groups (broad SMARTS) is 1. The summed E-state index contributed by atoms with van der Waals surface area (Å²) in [6, 6.07) is 11.6. The van der Waals surface area contributed by atoms with Gasteiger partial charge in [0.05, 0.1) is 11.6 Å². The van der Waals surface area contributed by atoms with Gasteiger partial charge in [-0.05, 0) is 49.8 Å². The Bertz CT molecular complexity index is 775. The van der Waals surface area contributed by atoms with Crippen LogP contribution >= 0.6 is 0 Å². The van der Waals surface area contributed by atoms with Crippen LogP contribution in [0.25, 0.3) is 5.69 Å². The van der Waals surface area contributed by atoms with Crippen LogP contribution in [-0.4, -0.2) is 32.8 Å². The standard InChI is InChI=1S/C20H25N3O3/c1-13(2)18-12-17(22-23(18)16-6-4-3-5-7-16)19(24)21-15-10-8-14(9-11-15)20(25)26/h3-7,12-15H,8-11H2,1-2H3,(H,21,24)(H,25,26). The van der Waals surface area contributed by atoms with Gasteiger partial charge in [-0.2, -0.15) is 5.10 Å². The largest absolute Gasteiger partial charge is 0.481 e. The van der Waals surface area contributed by atoms with E-state index in [4.69, 9.17) is 5.11 Å². The lowest BCUT2D eigenvalue weighted by Gasteiger charge is -2.26. The summed E-state index contributed by atoms with van der Waals surface area (Å²) in [5.74, 6) is -0.985. The third-order valence-corrected chi connectivity index (χ3v) is 4.97. The van der Waals surface area contributed by atoms with E-state index in [0.29, 0.717) is 31.4 Å². The average molecular weight is 355 g/mol. The first kappa shape index (κ1) is 18.2. The lowest BCUT2D eigenvalue weighted by Crippen LogP contribution is -2.38. The van der Waals surface area contributed by atoms with Crippen LogP contribution in [0.2, 0.25) is 0 Å². The van der Waals surface area contributed by atoms with E-state index >= 15 is 0 Å². The maximum absolute atomic E-state index is 12.6. The molecular weight excluding hydrogens is 330 g/mol. The fourth-order valence-electron chi connectivity index (χ4n) is 3.44. The second-order valence-electron chi connectivity index (χ2n) is 7.22. The van der Waals surface area contributed by atoms with Gasteiger partial charge in [-0.3, -0.25) is 9.59 Å². The summed E-state index contributed by atoms with van der Waals surface area (Å²) in [7, 11) is 0. The Hall–Kier alpha value is -2.63. The van der Waals surface area contributed by atoms with Crippen molar-refractivity contribution in [3.05, 3.63) is 47.8 Å². The molecule has 1 aromatic heterocycles. The van der Waals surface area contributed by atoms with E-state index < -0.39 is 5.97 Å². The maximum Gasteiger partial charge on any atom is 0.306 e. The van der Waals surface area contributed by atoms with Gasteiger partial charge >= 0.3 is 5.97 Å². The molecule has 26 heavy (non-hydrogen) atoms. The van der Waals surface area contributed by atoms with Crippen LogP contribution in [0.15, 0.2) is 36.4 Å². The van der Waals surface area contributed by atoms with Gasteiger partial charge in [0.25, 0.3) is 5.91 Å². The van der Waals surface area contributed by atoms with Gasteiger partial charge in [0.2, 0.25) is 0 Å². The zero-order valence-corrected chi connectivity index (χ0v) is 15.2. The molecule has 1 amide bonds. The first-order valence-corrected chi connectivity index (χ1v) is 9.14. The van der Waals surface area contributed by atoms with Crippen LogP contribution in [0.4, 0.5) is 0 Å². The van der Waals surface area contributed by atoms with E-state index in [1.807, 2.05) is 41.1 Å². The number of amides is 1. The smallest absolute Gasteiger partial charge is 0.306 e. The van der Waals surface area contributed by atoms with Crippen LogP contribution in [-0.2, 0) is 4.79 Å². The van der Waals surface area contributed by atoms with Crippen LogP contribution in [0.3, 0.4) is 0 Å². The van der Waals surface area contributed by atoms with Crippen molar-refractivity contribution in [2.45, 2.75) is 51.5 Å². The molecule has 1 saturated carbocycles. The van der Waals surface area contributed by atoms with E-state index in [-0.39, 0.29) is 23.8 Å². The summed E-state index contributed by atoms with van der Waals surface area (Å²) in [6.07, 6.45) is 2.60. The Balaban J connectivity index is 1.73. The number of carbonyl (C=O) groups is 2. The Morgan fingerprint density at radius 1 is 1.15 bits per heavy atom. The van der Waals surface area contributed by atoms with Crippen molar-refractivity contribution in [2.75, 3.05) is 0 Å². The first-order chi connectivity index (χ1) is 12.5. The number of para-hydroxylation sites is 1. The van der Waals surface area contributed by atoms with Gasteiger partial charge in [0.15, 0.2) is 5.69 Å². The second kappa shape index (κ2) is 7.72. The minimum absolute atomic E-state index is 0.0162. The minimum atomic E-state index is -0.738. The van der Waals surface area contributed by atoms with Crippen LogP contribution in [0.1, 0.15) is 61.6 Å². The number of benzene rings is 1. The molecule has 1 heterocycles. The fraction of sp³-hybridized carbons (Fsp3) is 0.450. The maximum atomic E-state index is 12.6. The molecule has 0 atom stereocenters. The number of rotatable bonds is 5. The molecule has 6 heteroatoms. The molecule has 0 saturated heterocycles. The quantitative estimate of drug-likeness (QED) is 0.861. The summed E-state index contributed by atoms with van der Waals surface area (Å²) in [5.41, 5.74) is 2.31. The number of carbonyl (C=O) groups excluding carboxylic acids is 1. The van der Waals surface area contributed by atoms with Crippen LogP contribution in [0, 0.1) is 5.92 Å². The number of nitrogens with zero attached hydrogens (tertiary/aromatic N) is 2. The Morgan fingerprint density at radius 3 is 2.38 bits per heavy atom. The highest BCUT2D eigenvalue weighted by atomic mass is 16.4. The zero-order valence-electron chi connectivity index (χ0n) is 15.2. The number of aliphatic carboxylic acids is 1. The van der Waals surface area contributed by atoms with Crippen molar-refractivity contribution < 1.29 is 14.7 Å². The Labute approximate surface area is 153 Å². The molecule has 2 N–H and O–H groups in total. The van der Waals surface area contributed by atoms with E-state index in [0.717, 1.165) is 11.4 Å². The molecule has 3 rings (SSSR count). The number of hydrogen-bond acceptors (Lipinski definition) is 3. The lowest BCUT2D eigenvalue weighted by molar-refractivity contribution is -0.142. The van der Waals surface area contributed by atoms with Crippen molar-refractivity contribution in [3.8, 4) is 5.69 Å². The van der Waals surface area contributed by atoms with Crippen LogP contribution in [0.5, 0.6) is 0 Å². The van der Waals surface area contributed by atoms with Crippen molar-refractivity contribution >= 4 is 11.9 Å². The van der Waals surface area contributed by atoms with Crippen molar-refractivity contribution in [3.63, 3.8) is 0 Å². The van der Waals surface area contributed by atoms with Gasteiger partial charge in [0.1, 0.15) is 0 Å². The highest BCUT2D eigenvalue weighted by Gasteiger charge is 2.27. The monoisotopic (exact) mass is 355 g/mol. The molecule has 1 aliphatic rings. The molecule has 0 bridgehead atoms. The molecule has 1 aliphatic carbocycles. The molecular formula is C20H25N3O3. The average Bonchev–Trinajstić information content (AvgIpc) is 3.09. The summed E-state index contributed by atoms with van der Waals surface area (Å²) in [5, 5.41) is 16.6. The third-order valence-electron chi connectivity index (χ3n) is 4.97. The molecule has 1 aromatic carbocycles. The number of carboxylic acids is 1. The summed E-state index contributed by atoms with van der Waals surface area (Å²) >= 11 is 0. The third kappa shape index (κ3) is 3.95. The highest BCUT2D eigenvalue weighted by Crippen LogP contribution is 2.25. The van der Waals surface area contributed by atoms with E-state index in [2.05, 4.69) is 24.3 Å².